The first-order valence-electron chi connectivity index (χ1n) is 8.73. The molecule has 0 spiro atoms. The number of nitrogens with zero attached hydrogens (tertiary/aromatic N) is 2. The molecule has 0 saturated carbocycles. The summed E-state index contributed by atoms with van der Waals surface area (Å²) in [6, 6.07) is 10.8. The van der Waals surface area contributed by atoms with Gasteiger partial charge in [-0.05, 0) is 24.7 Å². The van der Waals surface area contributed by atoms with E-state index in [1.807, 2.05) is 6.92 Å². The fourth-order valence-corrected chi connectivity index (χ4v) is 2.75. The number of hydrogen-bond donors (Lipinski definition) is 2. The molecule has 29 heavy (non-hydrogen) atoms. The number of likely N-dealkylation sites (N-methyl/N-ethyl adjacent to an activating group) is 1. The van der Waals surface area contributed by atoms with E-state index in [0.29, 0.717) is 18.0 Å². The quantitative estimate of drug-likeness (QED) is 0.475. The Morgan fingerprint density at radius 3 is 2.28 bits per heavy atom. The van der Waals surface area contributed by atoms with Gasteiger partial charge in [0.05, 0.1) is 41.5 Å². The van der Waals surface area contributed by atoms with E-state index in [2.05, 4.69) is 10.6 Å². The molecule has 2 aromatic carbocycles. The molecular weight excluding hydrogens is 400 g/mol. The van der Waals surface area contributed by atoms with E-state index in [4.69, 9.17) is 16.3 Å². The zero-order valence-corrected chi connectivity index (χ0v) is 16.7. The largest absolute Gasteiger partial charge is 0.495 e. The molecule has 2 amide bonds. The molecule has 0 fully saturated rings. The molecule has 0 saturated heterocycles. The number of anilines is 2. The fraction of sp³-hybridized carbons (Fsp3) is 0.263. The molecule has 0 unspecified atom stereocenters. The van der Waals surface area contributed by atoms with Gasteiger partial charge in [-0.15, -0.1) is 0 Å². The molecule has 10 heteroatoms. The van der Waals surface area contributed by atoms with Crippen LogP contribution in [0.2, 0.25) is 5.02 Å². The molecule has 0 aliphatic rings. The number of benzene rings is 2. The van der Waals surface area contributed by atoms with E-state index in [9.17, 15) is 19.7 Å². The van der Waals surface area contributed by atoms with Crippen LogP contribution in [0.25, 0.3) is 0 Å². The number of non-ortho nitro benzene ring substituents is 1. The highest BCUT2D eigenvalue weighted by Crippen LogP contribution is 2.26. The highest BCUT2D eigenvalue weighted by atomic mass is 35.5. The lowest BCUT2D eigenvalue weighted by Gasteiger charge is -2.20. The number of amides is 2. The average Bonchev–Trinajstić information content (AvgIpc) is 2.69. The first kappa shape index (κ1) is 22.1. The van der Waals surface area contributed by atoms with Crippen molar-refractivity contribution in [2.45, 2.75) is 6.92 Å². The van der Waals surface area contributed by atoms with Gasteiger partial charge in [0.25, 0.3) is 5.69 Å². The van der Waals surface area contributed by atoms with Crippen molar-refractivity contribution in [3.8, 4) is 5.75 Å². The summed E-state index contributed by atoms with van der Waals surface area (Å²) in [5.41, 5.74) is 0.631. The van der Waals surface area contributed by atoms with Crippen LogP contribution in [0.4, 0.5) is 17.1 Å². The molecule has 2 rings (SSSR count). The highest BCUT2D eigenvalue weighted by Gasteiger charge is 2.16. The number of nitro benzene ring substituents is 1. The van der Waals surface area contributed by atoms with Crippen LogP contribution < -0.4 is 15.4 Å². The number of carbonyl (C=O) groups excluding carboxylic acids is 2. The van der Waals surface area contributed by atoms with Gasteiger partial charge in [-0.2, -0.15) is 0 Å². The number of methoxy groups -OCH3 is 1. The molecule has 0 aromatic heterocycles. The Kier molecular flexibility index (Phi) is 7.93. The van der Waals surface area contributed by atoms with Crippen molar-refractivity contribution in [2.75, 3.05) is 37.4 Å². The lowest BCUT2D eigenvalue weighted by molar-refractivity contribution is -0.384. The summed E-state index contributed by atoms with van der Waals surface area (Å²) in [6.07, 6.45) is 0. The van der Waals surface area contributed by atoms with Crippen LogP contribution in [0.3, 0.4) is 0 Å². The Bertz CT molecular complexity index is 906. The van der Waals surface area contributed by atoms with Gasteiger partial charge in [-0.25, -0.2) is 0 Å². The van der Waals surface area contributed by atoms with Crippen molar-refractivity contribution in [3.05, 3.63) is 57.6 Å². The van der Waals surface area contributed by atoms with Gasteiger partial charge in [0, 0.05) is 12.1 Å². The van der Waals surface area contributed by atoms with Crippen molar-refractivity contribution in [3.63, 3.8) is 0 Å². The summed E-state index contributed by atoms with van der Waals surface area (Å²) in [5, 5.41) is 16.2. The summed E-state index contributed by atoms with van der Waals surface area (Å²) >= 11 is 5.98. The van der Waals surface area contributed by atoms with Crippen LogP contribution in [-0.2, 0) is 9.59 Å². The number of rotatable bonds is 9. The van der Waals surface area contributed by atoms with Gasteiger partial charge in [0.1, 0.15) is 5.75 Å². The van der Waals surface area contributed by atoms with Gasteiger partial charge in [-0.1, -0.05) is 30.7 Å². The van der Waals surface area contributed by atoms with Crippen LogP contribution in [-0.4, -0.2) is 48.4 Å². The molecule has 0 bridgehead atoms. The fourth-order valence-electron chi connectivity index (χ4n) is 2.53. The third-order valence-corrected chi connectivity index (χ3v) is 4.31. The predicted molar refractivity (Wildman–Crippen MR) is 110 cm³/mol. The lowest BCUT2D eigenvalue weighted by Crippen LogP contribution is -2.38. The standard InChI is InChI=1S/C19H21ClN4O5/c1-3-23(12-19(26)22-16-6-4-5-7-17(16)29-2)11-18(25)21-15-9-8-13(24(27)28)10-14(15)20/h4-10H,3,11-12H2,1-2H3,(H,21,25)(H,22,26). The van der Waals surface area contributed by atoms with Crippen LogP contribution in [0.5, 0.6) is 5.75 Å². The molecule has 0 aliphatic carbocycles. The van der Waals surface area contributed by atoms with Crippen molar-refractivity contribution in [1.29, 1.82) is 0 Å². The van der Waals surface area contributed by atoms with E-state index < -0.39 is 10.8 Å². The van der Waals surface area contributed by atoms with Crippen LogP contribution >= 0.6 is 11.6 Å². The molecular formula is C19H21ClN4O5. The number of ether oxygens (including phenoxy) is 1. The SMILES string of the molecule is CCN(CC(=O)Nc1ccc([N+](=O)[O-])cc1Cl)CC(=O)Nc1ccccc1OC. The number of carbonyl (C=O) groups is 2. The second-order valence-electron chi connectivity index (χ2n) is 6.02. The minimum Gasteiger partial charge on any atom is -0.495 e. The minimum absolute atomic E-state index is 0.00401. The molecule has 154 valence electrons. The maximum atomic E-state index is 12.3. The molecule has 0 aliphatic heterocycles. The van der Waals surface area contributed by atoms with E-state index >= 15 is 0 Å². The lowest BCUT2D eigenvalue weighted by atomic mass is 10.2. The predicted octanol–water partition coefficient (Wildman–Crippen LogP) is 3.16. The molecule has 2 aromatic rings. The maximum Gasteiger partial charge on any atom is 0.271 e. The van der Waals surface area contributed by atoms with Gasteiger partial charge in [-0.3, -0.25) is 24.6 Å². The van der Waals surface area contributed by atoms with Gasteiger partial charge in [0.2, 0.25) is 11.8 Å². The highest BCUT2D eigenvalue weighted by molar-refractivity contribution is 6.34. The Labute approximate surface area is 172 Å². The van der Waals surface area contributed by atoms with Gasteiger partial charge >= 0.3 is 0 Å². The monoisotopic (exact) mass is 420 g/mol. The normalized spacial score (nSPS) is 10.5. The summed E-state index contributed by atoms with van der Waals surface area (Å²) in [4.78, 5) is 36.4. The second kappa shape index (κ2) is 10.4. The minimum atomic E-state index is -0.573. The van der Waals surface area contributed by atoms with E-state index in [1.54, 1.807) is 29.2 Å². The molecule has 0 heterocycles. The Balaban J connectivity index is 1.94. The van der Waals surface area contributed by atoms with Crippen molar-refractivity contribution < 1.29 is 19.2 Å². The number of halogens is 1. The number of nitro groups is 1. The van der Waals surface area contributed by atoms with E-state index in [1.165, 1.54) is 19.2 Å². The zero-order valence-electron chi connectivity index (χ0n) is 16.0. The zero-order chi connectivity index (χ0) is 21.4. The number of hydrogen-bond acceptors (Lipinski definition) is 6. The maximum absolute atomic E-state index is 12.3. The first-order valence-corrected chi connectivity index (χ1v) is 9.10. The van der Waals surface area contributed by atoms with E-state index in [-0.39, 0.29) is 35.4 Å². The third-order valence-electron chi connectivity index (χ3n) is 4.00. The topological polar surface area (TPSA) is 114 Å². The summed E-state index contributed by atoms with van der Waals surface area (Å²) in [7, 11) is 1.51. The van der Waals surface area contributed by atoms with E-state index in [0.717, 1.165) is 6.07 Å². The smallest absolute Gasteiger partial charge is 0.271 e. The Hall–Kier alpha value is -3.17. The average molecular weight is 421 g/mol. The van der Waals surface area contributed by atoms with Crippen LogP contribution in [0.15, 0.2) is 42.5 Å². The number of para-hydroxylation sites is 2. The molecule has 0 atom stereocenters. The summed E-state index contributed by atoms with van der Waals surface area (Å²) in [6.45, 7) is 2.22. The van der Waals surface area contributed by atoms with Gasteiger partial charge < -0.3 is 15.4 Å². The van der Waals surface area contributed by atoms with Crippen molar-refractivity contribution >= 4 is 40.5 Å². The van der Waals surface area contributed by atoms with Crippen LogP contribution in [0.1, 0.15) is 6.92 Å². The molecule has 0 radical (unpaired) electrons. The van der Waals surface area contributed by atoms with Crippen molar-refractivity contribution in [1.82, 2.24) is 4.90 Å². The number of nitrogens with one attached hydrogen (secondary N) is 2. The third kappa shape index (κ3) is 6.44. The van der Waals surface area contributed by atoms with Crippen LogP contribution in [0, 0.1) is 10.1 Å². The Morgan fingerprint density at radius 1 is 1.10 bits per heavy atom. The van der Waals surface area contributed by atoms with Crippen molar-refractivity contribution in [2.24, 2.45) is 0 Å². The Morgan fingerprint density at radius 2 is 1.72 bits per heavy atom. The second-order valence-corrected chi connectivity index (χ2v) is 6.43. The first-order chi connectivity index (χ1) is 13.8. The van der Waals surface area contributed by atoms with Gasteiger partial charge in [0.15, 0.2) is 0 Å². The molecule has 2 N–H and O–H groups in total. The summed E-state index contributed by atoms with van der Waals surface area (Å²) < 4.78 is 5.20. The summed E-state index contributed by atoms with van der Waals surface area (Å²) in [5.74, 6) is -0.153. The molecule has 9 nitrogen and oxygen atoms in total.